The van der Waals surface area contributed by atoms with E-state index in [1.807, 2.05) is 30.3 Å². The van der Waals surface area contributed by atoms with Crippen LogP contribution in [-0.4, -0.2) is 23.2 Å². The van der Waals surface area contributed by atoms with Gasteiger partial charge in [0.15, 0.2) is 0 Å². The van der Waals surface area contributed by atoms with Crippen molar-refractivity contribution in [1.82, 2.24) is 10.1 Å². The summed E-state index contributed by atoms with van der Waals surface area (Å²) in [6.45, 7) is 1.62. The zero-order valence-electron chi connectivity index (χ0n) is 10.5. The van der Waals surface area contributed by atoms with Gasteiger partial charge in [0.05, 0.1) is 6.07 Å². The van der Waals surface area contributed by atoms with Crippen molar-refractivity contribution < 1.29 is 4.52 Å². The van der Waals surface area contributed by atoms with Crippen LogP contribution in [0.1, 0.15) is 12.8 Å². The Kier molecular flexibility index (Phi) is 3.15. The molecule has 1 aromatic carbocycles. The Balaban J connectivity index is 1.74. The fourth-order valence-electron chi connectivity index (χ4n) is 2.25. The highest BCUT2D eigenvalue weighted by Crippen LogP contribution is 2.23. The van der Waals surface area contributed by atoms with E-state index in [2.05, 4.69) is 21.1 Å². The van der Waals surface area contributed by atoms with Crippen molar-refractivity contribution in [3.8, 4) is 17.5 Å². The Bertz CT molecular complexity index is 579. The van der Waals surface area contributed by atoms with Gasteiger partial charge >= 0.3 is 0 Å². The molecule has 1 aliphatic heterocycles. The van der Waals surface area contributed by atoms with E-state index in [1.165, 1.54) is 0 Å². The molecule has 3 rings (SSSR count). The number of rotatable bonds is 2. The molecule has 5 nitrogen and oxygen atoms in total. The highest BCUT2D eigenvalue weighted by atomic mass is 16.5. The van der Waals surface area contributed by atoms with Gasteiger partial charge in [-0.15, -0.1) is 0 Å². The van der Waals surface area contributed by atoms with Gasteiger partial charge < -0.3 is 9.42 Å². The molecule has 0 aliphatic carbocycles. The SMILES string of the molecule is N#CC1CCN(c2noc(-c3ccccc3)n2)CC1. The van der Waals surface area contributed by atoms with Crippen molar-refractivity contribution in [2.45, 2.75) is 12.8 Å². The van der Waals surface area contributed by atoms with E-state index >= 15 is 0 Å². The normalized spacial score (nSPS) is 16.3. The van der Waals surface area contributed by atoms with Crippen LogP contribution in [0.25, 0.3) is 11.5 Å². The summed E-state index contributed by atoms with van der Waals surface area (Å²) in [7, 11) is 0. The average Bonchev–Trinajstić information content (AvgIpc) is 2.98. The predicted octanol–water partition coefficient (Wildman–Crippen LogP) is 2.48. The van der Waals surface area contributed by atoms with Crippen molar-refractivity contribution in [1.29, 1.82) is 5.26 Å². The minimum Gasteiger partial charge on any atom is -0.338 e. The van der Waals surface area contributed by atoms with Crippen molar-refractivity contribution in [3.05, 3.63) is 30.3 Å². The Morgan fingerprint density at radius 2 is 1.95 bits per heavy atom. The van der Waals surface area contributed by atoms with Crippen LogP contribution >= 0.6 is 0 Å². The van der Waals surface area contributed by atoms with Gasteiger partial charge in [-0.3, -0.25) is 0 Å². The van der Waals surface area contributed by atoms with E-state index in [9.17, 15) is 0 Å². The summed E-state index contributed by atoms with van der Waals surface area (Å²) < 4.78 is 5.29. The molecule has 0 saturated carbocycles. The molecule has 2 heterocycles. The molecule has 0 amide bonds. The Morgan fingerprint density at radius 1 is 1.21 bits per heavy atom. The summed E-state index contributed by atoms with van der Waals surface area (Å²) in [5.74, 6) is 1.32. The summed E-state index contributed by atoms with van der Waals surface area (Å²) in [4.78, 5) is 6.49. The Labute approximate surface area is 111 Å². The van der Waals surface area contributed by atoms with Gasteiger partial charge in [0.25, 0.3) is 11.8 Å². The number of benzene rings is 1. The fraction of sp³-hybridized carbons (Fsp3) is 0.357. The second kappa shape index (κ2) is 5.11. The van der Waals surface area contributed by atoms with Crippen LogP contribution in [0.15, 0.2) is 34.9 Å². The maximum atomic E-state index is 8.88. The van der Waals surface area contributed by atoms with E-state index in [1.54, 1.807) is 0 Å². The standard InChI is InChI=1S/C14H14N4O/c15-10-11-6-8-18(9-7-11)14-16-13(19-17-14)12-4-2-1-3-5-12/h1-5,11H,6-9H2. The smallest absolute Gasteiger partial charge is 0.266 e. The second-order valence-electron chi connectivity index (χ2n) is 4.66. The molecule has 96 valence electrons. The van der Waals surface area contributed by atoms with Crippen molar-refractivity contribution >= 4 is 5.95 Å². The molecular formula is C14H14N4O. The predicted molar refractivity (Wildman–Crippen MR) is 70.3 cm³/mol. The lowest BCUT2D eigenvalue weighted by Gasteiger charge is -2.27. The molecule has 1 saturated heterocycles. The van der Waals surface area contributed by atoms with E-state index in [4.69, 9.17) is 9.78 Å². The minimum atomic E-state index is 0.164. The lowest BCUT2D eigenvalue weighted by molar-refractivity contribution is 0.421. The van der Waals surface area contributed by atoms with Gasteiger partial charge in [-0.1, -0.05) is 18.2 Å². The highest BCUT2D eigenvalue weighted by molar-refractivity contribution is 5.54. The monoisotopic (exact) mass is 254 g/mol. The van der Waals surface area contributed by atoms with Crippen LogP contribution in [0.4, 0.5) is 5.95 Å². The number of nitriles is 1. The number of anilines is 1. The Morgan fingerprint density at radius 3 is 2.63 bits per heavy atom. The summed E-state index contributed by atoms with van der Waals surface area (Å²) in [5.41, 5.74) is 0.924. The molecule has 1 aliphatic rings. The van der Waals surface area contributed by atoms with Gasteiger partial charge in [0.2, 0.25) is 0 Å². The van der Waals surface area contributed by atoms with Crippen LogP contribution in [0.3, 0.4) is 0 Å². The first kappa shape index (κ1) is 11.7. The van der Waals surface area contributed by atoms with Crippen LogP contribution in [-0.2, 0) is 0 Å². The number of piperidine rings is 1. The lowest BCUT2D eigenvalue weighted by Crippen LogP contribution is -2.33. The molecule has 1 aromatic heterocycles. The summed E-state index contributed by atoms with van der Waals surface area (Å²) in [6.07, 6.45) is 1.73. The summed E-state index contributed by atoms with van der Waals surface area (Å²) >= 11 is 0. The molecule has 0 bridgehead atoms. The van der Waals surface area contributed by atoms with E-state index in [0.29, 0.717) is 11.8 Å². The summed E-state index contributed by atoms with van der Waals surface area (Å²) in [6, 6.07) is 12.0. The first-order valence-corrected chi connectivity index (χ1v) is 6.40. The zero-order valence-corrected chi connectivity index (χ0v) is 10.5. The van der Waals surface area contributed by atoms with Crippen LogP contribution in [0.2, 0.25) is 0 Å². The van der Waals surface area contributed by atoms with E-state index in [-0.39, 0.29) is 5.92 Å². The van der Waals surface area contributed by atoms with Gasteiger partial charge in [0.1, 0.15) is 0 Å². The van der Waals surface area contributed by atoms with Gasteiger partial charge in [0, 0.05) is 24.6 Å². The molecule has 19 heavy (non-hydrogen) atoms. The molecular weight excluding hydrogens is 240 g/mol. The molecule has 0 spiro atoms. The first-order chi connectivity index (χ1) is 9.36. The first-order valence-electron chi connectivity index (χ1n) is 6.40. The van der Waals surface area contributed by atoms with Crippen molar-refractivity contribution in [2.75, 3.05) is 18.0 Å². The quantitative estimate of drug-likeness (QED) is 0.823. The van der Waals surface area contributed by atoms with Crippen LogP contribution in [0.5, 0.6) is 0 Å². The highest BCUT2D eigenvalue weighted by Gasteiger charge is 2.22. The number of hydrogen-bond donors (Lipinski definition) is 0. The second-order valence-corrected chi connectivity index (χ2v) is 4.66. The molecule has 0 atom stereocenters. The molecule has 2 aromatic rings. The molecule has 1 fully saturated rings. The summed E-state index contributed by atoms with van der Waals surface area (Å²) in [5, 5.41) is 12.9. The van der Waals surface area contributed by atoms with Crippen LogP contribution < -0.4 is 4.90 Å². The lowest BCUT2D eigenvalue weighted by atomic mass is 9.99. The third-order valence-electron chi connectivity index (χ3n) is 3.40. The topological polar surface area (TPSA) is 66.0 Å². The average molecular weight is 254 g/mol. The van der Waals surface area contributed by atoms with Crippen molar-refractivity contribution in [3.63, 3.8) is 0 Å². The zero-order chi connectivity index (χ0) is 13.1. The Hall–Kier alpha value is -2.35. The minimum absolute atomic E-state index is 0.164. The maximum absolute atomic E-state index is 8.88. The third-order valence-corrected chi connectivity index (χ3v) is 3.40. The fourth-order valence-corrected chi connectivity index (χ4v) is 2.25. The van der Waals surface area contributed by atoms with Gasteiger partial charge in [-0.25, -0.2) is 0 Å². The molecule has 0 unspecified atom stereocenters. The molecule has 0 radical (unpaired) electrons. The maximum Gasteiger partial charge on any atom is 0.266 e. The van der Waals surface area contributed by atoms with E-state index < -0.39 is 0 Å². The third kappa shape index (κ3) is 2.43. The number of nitrogens with zero attached hydrogens (tertiary/aromatic N) is 4. The van der Waals surface area contributed by atoms with Crippen molar-refractivity contribution in [2.24, 2.45) is 5.92 Å². The molecule has 0 N–H and O–H groups in total. The van der Waals surface area contributed by atoms with Gasteiger partial charge in [-0.2, -0.15) is 10.2 Å². The largest absolute Gasteiger partial charge is 0.338 e. The van der Waals surface area contributed by atoms with Gasteiger partial charge in [-0.05, 0) is 30.1 Å². The van der Waals surface area contributed by atoms with E-state index in [0.717, 1.165) is 31.5 Å². The van der Waals surface area contributed by atoms with Crippen LogP contribution in [0, 0.1) is 17.2 Å². The number of aromatic nitrogens is 2. The number of hydrogen-bond acceptors (Lipinski definition) is 5. The molecule has 5 heteroatoms.